The summed E-state index contributed by atoms with van der Waals surface area (Å²) in [5.74, 6) is -2.26. The minimum atomic E-state index is -1.16. The van der Waals surface area contributed by atoms with E-state index < -0.39 is 30.6 Å². The highest BCUT2D eigenvalue weighted by atomic mass is 35.5. The van der Waals surface area contributed by atoms with Crippen LogP contribution in [0.2, 0.25) is 25.1 Å². The second-order valence-corrected chi connectivity index (χ2v) is 9.60. The molecule has 14 heteroatoms. The number of aryl methyl sites for hydroxylation is 1. The van der Waals surface area contributed by atoms with E-state index in [0.29, 0.717) is 26.6 Å². The fraction of sp³-hybridized carbons (Fsp3) is 0.192. The predicted octanol–water partition coefficient (Wildman–Crippen LogP) is 7.66. The van der Waals surface area contributed by atoms with Crippen molar-refractivity contribution in [3.8, 4) is 17.2 Å². The van der Waals surface area contributed by atoms with Crippen LogP contribution in [0.5, 0.6) is 17.2 Å². The zero-order valence-corrected chi connectivity index (χ0v) is 24.9. The first-order chi connectivity index (χ1) is 18.7. The number of hydrogen-bond donors (Lipinski definition) is 3. The molecular weight excluding hydrogens is 634 g/mol. The van der Waals surface area contributed by atoms with Crippen LogP contribution in [0.1, 0.15) is 22.8 Å². The van der Waals surface area contributed by atoms with Gasteiger partial charge in [0.15, 0.2) is 18.5 Å². The van der Waals surface area contributed by atoms with Gasteiger partial charge in [-0.1, -0.05) is 58.0 Å². The van der Waals surface area contributed by atoms with E-state index in [2.05, 4.69) is 0 Å². The van der Waals surface area contributed by atoms with Crippen molar-refractivity contribution in [3.63, 3.8) is 0 Å². The van der Waals surface area contributed by atoms with Gasteiger partial charge in [-0.05, 0) is 67.9 Å². The maximum Gasteiger partial charge on any atom is 0.344 e. The van der Waals surface area contributed by atoms with Crippen LogP contribution in [0.4, 0.5) is 0 Å². The molecule has 0 heterocycles. The highest BCUT2D eigenvalue weighted by Crippen LogP contribution is 2.33. The quantitative estimate of drug-likeness (QED) is 0.223. The van der Waals surface area contributed by atoms with Gasteiger partial charge in [-0.3, -0.25) is 0 Å². The smallest absolute Gasteiger partial charge is 0.344 e. The number of benzene rings is 3. The van der Waals surface area contributed by atoms with Crippen molar-refractivity contribution in [1.29, 1.82) is 0 Å². The highest BCUT2D eigenvalue weighted by molar-refractivity contribution is 6.37. The van der Waals surface area contributed by atoms with Crippen LogP contribution >= 0.6 is 58.0 Å². The van der Waals surface area contributed by atoms with Crippen molar-refractivity contribution in [2.75, 3.05) is 13.7 Å². The second kappa shape index (κ2) is 16.9. The van der Waals surface area contributed by atoms with Crippen LogP contribution < -0.4 is 14.2 Å². The summed E-state index contributed by atoms with van der Waals surface area (Å²) in [4.78, 5) is 31.4. The van der Waals surface area contributed by atoms with Gasteiger partial charge < -0.3 is 29.5 Å². The van der Waals surface area contributed by atoms with Crippen molar-refractivity contribution in [2.45, 2.75) is 20.0 Å². The van der Waals surface area contributed by atoms with Crippen molar-refractivity contribution < 1.29 is 43.9 Å². The summed E-state index contributed by atoms with van der Waals surface area (Å²) in [6.07, 6.45) is -0.852. The lowest BCUT2D eigenvalue weighted by Gasteiger charge is -2.12. The van der Waals surface area contributed by atoms with Gasteiger partial charge in [0.25, 0.3) is 0 Å². The number of methoxy groups -OCH3 is 1. The molecule has 0 fully saturated rings. The number of carboxylic acid groups (broad SMARTS) is 3. The summed E-state index contributed by atoms with van der Waals surface area (Å²) in [6.45, 7) is 2.88. The van der Waals surface area contributed by atoms with E-state index in [9.17, 15) is 14.4 Å². The van der Waals surface area contributed by atoms with Gasteiger partial charge in [-0.2, -0.15) is 0 Å². The maximum absolute atomic E-state index is 10.7. The molecule has 3 rings (SSSR count). The van der Waals surface area contributed by atoms with Crippen LogP contribution in [0.25, 0.3) is 0 Å². The van der Waals surface area contributed by atoms with E-state index in [1.807, 2.05) is 6.92 Å². The molecule has 0 unspecified atom stereocenters. The molecule has 0 amide bonds. The Bertz CT molecular complexity index is 1350. The molecule has 0 spiro atoms. The molecule has 9 nitrogen and oxygen atoms in total. The van der Waals surface area contributed by atoms with Gasteiger partial charge in [-0.25, -0.2) is 14.4 Å². The molecule has 3 N–H and O–H groups in total. The molecular formula is C26H23Cl5O9. The Morgan fingerprint density at radius 2 is 1.35 bits per heavy atom. The van der Waals surface area contributed by atoms with Gasteiger partial charge in [0.1, 0.15) is 17.1 Å². The Hall–Kier alpha value is -3.08. The molecule has 0 aliphatic carbocycles. The molecule has 3 aromatic carbocycles. The molecule has 0 bridgehead atoms. The summed E-state index contributed by atoms with van der Waals surface area (Å²) < 4.78 is 14.9. The number of rotatable bonds is 8. The van der Waals surface area contributed by atoms with E-state index in [1.165, 1.54) is 38.3 Å². The summed E-state index contributed by atoms with van der Waals surface area (Å²) in [5, 5.41) is 27.5. The van der Waals surface area contributed by atoms with Gasteiger partial charge in [-0.15, -0.1) is 0 Å². The van der Waals surface area contributed by atoms with Crippen LogP contribution in [0.15, 0.2) is 48.5 Å². The summed E-state index contributed by atoms with van der Waals surface area (Å²) >= 11 is 28.4. The Morgan fingerprint density at radius 1 is 0.800 bits per heavy atom. The Labute approximate surface area is 254 Å². The van der Waals surface area contributed by atoms with Crippen LogP contribution in [0, 0.1) is 6.92 Å². The lowest BCUT2D eigenvalue weighted by molar-refractivity contribution is -0.144. The Kier molecular flexibility index (Phi) is 14.8. The first kappa shape index (κ1) is 34.9. The third-order valence-electron chi connectivity index (χ3n) is 4.51. The number of aromatic carboxylic acids is 1. The first-order valence-electron chi connectivity index (χ1n) is 10.9. The molecule has 3 aromatic rings. The lowest BCUT2D eigenvalue weighted by atomic mass is 10.2. The maximum atomic E-state index is 10.7. The summed E-state index contributed by atoms with van der Waals surface area (Å²) in [5.41, 5.74) is 0.710. The number of hydrogen-bond acceptors (Lipinski definition) is 6. The molecule has 1 atom stereocenters. The molecule has 0 aliphatic heterocycles. The van der Waals surface area contributed by atoms with Crippen molar-refractivity contribution in [1.82, 2.24) is 0 Å². The first-order valence-corrected chi connectivity index (χ1v) is 12.8. The van der Waals surface area contributed by atoms with Gasteiger partial charge >= 0.3 is 17.9 Å². The minimum absolute atomic E-state index is 0.0849. The normalized spacial score (nSPS) is 10.6. The summed E-state index contributed by atoms with van der Waals surface area (Å²) in [6, 6.07) is 12.5. The highest BCUT2D eigenvalue weighted by Gasteiger charge is 2.18. The van der Waals surface area contributed by atoms with Gasteiger partial charge in [0.2, 0.25) is 0 Å². The third-order valence-corrected chi connectivity index (χ3v) is 5.89. The number of aliphatic carboxylic acids is 2. The minimum Gasteiger partial charge on any atom is -0.494 e. The second-order valence-electron chi connectivity index (χ2n) is 7.51. The average Bonchev–Trinajstić information content (AvgIpc) is 2.86. The molecule has 0 aliphatic rings. The molecule has 40 heavy (non-hydrogen) atoms. The topological polar surface area (TPSA) is 140 Å². The van der Waals surface area contributed by atoms with E-state index in [0.717, 1.165) is 5.56 Å². The SMILES string of the molecule is COc1c(Cl)ccc(Cl)c1C(=O)O.Cc1cc(Cl)ccc1O[C@H](C)C(=O)O.O=C(O)COc1ccc(Cl)cc1Cl. The van der Waals surface area contributed by atoms with Crippen molar-refractivity contribution in [3.05, 3.63) is 84.8 Å². The largest absolute Gasteiger partial charge is 0.494 e. The third kappa shape index (κ3) is 11.6. The van der Waals surface area contributed by atoms with Crippen LogP contribution in [0.3, 0.4) is 0 Å². The van der Waals surface area contributed by atoms with Gasteiger partial charge in [0.05, 0.1) is 22.2 Å². The molecule has 0 saturated heterocycles. The predicted molar refractivity (Wildman–Crippen MR) is 153 cm³/mol. The fourth-order valence-electron chi connectivity index (χ4n) is 2.65. The van der Waals surface area contributed by atoms with Gasteiger partial charge in [0, 0.05) is 10.0 Å². The zero-order chi connectivity index (χ0) is 30.6. The monoisotopic (exact) mass is 654 g/mol. The molecule has 0 saturated carbocycles. The standard InChI is InChI=1S/C10H11ClO3.2C8H6Cl2O3/c1-6-5-8(11)3-4-9(6)14-7(2)10(12)13;1-13-7-5(10)3-2-4(9)6(7)8(11)12;9-5-1-2-7(6(10)3-5)13-4-8(11)12/h3-5,7H,1-2H3,(H,12,13);2-3H,1H3,(H,11,12);1-3H,4H2,(H,11,12)/t7-;;/m1../s1. The molecule has 0 radical (unpaired) electrons. The number of carboxylic acids is 3. The number of halogens is 5. The van der Waals surface area contributed by atoms with Crippen molar-refractivity contribution in [2.24, 2.45) is 0 Å². The molecule has 216 valence electrons. The Morgan fingerprint density at radius 3 is 1.80 bits per heavy atom. The van der Waals surface area contributed by atoms with Crippen LogP contribution in [-0.4, -0.2) is 53.0 Å². The van der Waals surface area contributed by atoms with Crippen LogP contribution in [-0.2, 0) is 9.59 Å². The summed E-state index contributed by atoms with van der Waals surface area (Å²) in [7, 11) is 1.34. The van der Waals surface area contributed by atoms with E-state index >= 15 is 0 Å². The van der Waals surface area contributed by atoms with Crippen molar-refractivity contribution >= 4 is 75.9 Å². The lowest BCUT2D eigenvalue weighted by Crippen LogP contribution is -2.23. The number of ether oxygens (including phenoxy) is 3. The average molecular weight is 657 g/mol. The van der Waals surface area contributed by atoms with E-state index in [1.54, 1.807) is 24.3 Å². The Balaban J connectivity index is 0.000000300. The molecule has 0 aromatic heterocycles. The fourth-order valence-corrected chi connectivity index (χ4v) is 3.80. The van der Waals surface area contributed by atoms with E-state index in [-0.39, 0.29) is 21.4 Å². The number of carbonyl (C=O) groups is 3. The van der Waals surface area contributed by atoms with E-state index in [4.69, 9.17) is 87.5 Å². The zero-order valence-electron chi connectivity index (χ0n) is 21.1.